The predicted molar refractivity (Wildman–Crippen MR) is 74.1 cm³/mol. The second kappa shape index (κ2) is 4.34. The largest absolute Gasteiger partial charge is 0.369 e. The lowest BCUT2D eigenvalue weighted by Crippen LogP contribution is -2.04. The van der Waals surface area contributed by atoms with Gasteiger partial charge in [0.15, 0.2) is 0 Å². The minimum atomic E-state index is -0.349. The number of hydrogen-bond donors (Lipinski definition) is 1. The lowest BCUT2D eigenvalue weighted by atomic mass is 10.3. The molecule has 7 heteroatoms. The first kappa shape index (κ1) is 12.2. The second-order valence-corrected chi connectivity index (χ2v) is 5.19. The Kier molecular flexibility index (Phi) is 2.78. The van der Waals surface area contributed by atoms with E-state index in [1.807, 2.05) is 17.8 Å². The molecule has 3 aromatic rings. The molecule has 0 unspecified atom stereocenters. The highest BCUT2D eigenvalue weighted by Gasteiger charge is 2.12. The van der Waals surface area contributed by atoms with Gasteiger partial charge in [0.2, 0.25) is 5.95 Å². The zero-order chi connectivity index (χ0) is 13.6. The number of aromatic nitrogens is 4. The molecule has 0 atom stereocenters. The Balaban J connectivity index is 2.12. The molecule has 3 rings (SSSR count). The fourth-order valence-electron chi connectivity index (χ4n) is 2.04. The Bertz CT molecular complexity index is 761. The summed E-state index contributed by atoms with van der Waals surface area (Å²) in [5, 5.41) is 4.11. The van der Waals surface area contributed by atoms with E-state index >= 15 is 0 Å². The van der Waals surface area contributed by atoms with Crippen LogP contribution in [0.15, 0.2) is 29.0 Å². The molecule has 0 radical (unpaired) electrons. The van der Waals surface area contributed by atoms with Gasteiger partial charge in [-0.2, -0.15) is 5.10 Å². The summed E-state index contributed by atoms with van der Waals surface area (Å²) in [5.41, 5.74) is 8.23. The van der Waals surface area contributed by atoms with Gasteiger partial charge in [0.1, 0.15) is 5.82 Å². The van der Waals surface area contributed by atoms with Crippen molar-refractivity contribution in [3.8, 4) is 0 Å². The van der Waals surface area contributed by atoms with E-state index in [-0.39, 0.29) is 5.82 Å². The molecular weight excluding hydrogens is 313 g/mol. The van der Waals surface area contributed by atoms with Crippen molar-refractivity contribution in [1.82, 2.24) is 19.3 Å². The first-order valence-corrected chi connectivity index (χ1v) is 6.42. The number of benzene rings is 1. The van der Waals surface area contributed by atoms with E-state index in [1.54, 1.807) is 16.9 Å². The van der Waals surface area contributed by atoms with Crippen molar-refractivity contribution in [3.05, 3.63) is 40.4 Å². The van der Waals surface area contributed by atoms with E-state index in [4.69, 9.17) is 5.73 Å². The smallest absolute Gasteiger partial charge is 0.201 e. The Morgan fingerprint density at radius 1 is 1.42 bits per heavy atom. The van der Waals surface area contributed by atoms with E-state index in [9.17, 15) is 4.39 Å². The lowest BCUT2D eigenvalue weighted by molar-refractivity contribution is 0.622. The molecular formula is C12H11BrFN5. The van der Waals surface area contributed by atoms with Crippen LogP contribution in [-0.2, 0) is 13.6 Å². The third kappa shape index (κ3) is 2.10. The number of anilines is 1. The molecule has 1 aromatic carbocycles. The van der Waals surface area contributed by atoms with Crippen LogP contribution in [0.5, 0.6) is 0 Å². The van der Waals surface area contributed by atoms with Gasteiger partial charge < -0.3 is 10.3 Å². The number of rotatable bonds is 2. The summed E-state index contributed by atoms with van der Waals surface area (Å²) in [5.74, 6) is 0.00915. The topological polar surface area (TPSA) is 61.7 Å². The summed E-state index contributed by atoms with van der Waals surface area (Å²) in [6, 6.07) is 3.06. The number of hydrogen-bond acceptors (Lipinski definition) is 3. The molecule has 0 saturated carbocycles. The fourth-order valence-corrected chi connectivity index (χ4v) is 2.37. The van der Waals surface area contributed by atoms with Crippen LogP contribution in [0.3, 0.4) is 0 Å². The highest BCUT2D eigenvalue weighted by Crippen LogP contribution is 2.25. The molecule has 0 aliphatic rings. The summed E-state index contributed by atoms with van der Waals surface area (Å²) in [4.78, 5) is 4.17. The maximum absolute atomic E-state index is 13.5. The van der Waals surface area contributed by atoms with Crippen LogP contribution in [0.4, 0.5) is 10.3 Å². The average Bonchev–Trinajstić information content (AvgIpc) is 2.87. The third-order valence-corrected chi connectivity index (χ3v) is 3.53. The summed E-state index contributed by atoms with van der Waals surface area (Å²) in [6.07, 6.45) is 3.67. The summed E-state index contributed by atoms with van der Waals surface area (Å²) in [6.45, 7) is 0.550. The van der Waals surface area contributed by atoms with Crippen molar-refractivity contribution in [1.29, 1.82) is 0 Å². The van der Waals surface area contributed by atoms with E-state index in [0.717, 1.165) is 11.1 Å². The van der Waals surface area contributed by atoms with Crippen molar-refractivity contribution in [2.75, 3.05) is 5.73 Å². The Morgan fingerprint density at radius 2 is 2.21 bits per heavy atom. The van der Waals surface area contributed by atoms with Gasteiger partial charge in [-0.05, 0) is 22.0 Å². The predicted octanol–water partition coefficient (Wildman–Crippen LogP) is 2.30. The van der Waals surface area contributed by atoms with Crippen LogP contribution in [0.1, 0.15) is 5.56 Å². The van der Waals surface area contributed by atoms with Gasteiger partial charge in [-0.3, -0.25) is 4.68 Å². The van der Waals surface area contributed by atoms with Crippen molar-refractivity contribution in [2.45, 2.75) is 6.54 Å². The summed E-state index contributed by atoms with van der Waals surface area (Å²) < 4.78 is 17.4. The van der Waals surface area contributed by atoms with Crippen LogP contribution in [-0.4, -0.2) is 19.3 Å². The van der Waals surface area contributed by atoms with Crippen molar-refractivity contribution in [3.63, 3.8) is 0 Å². The van der Waals surface area contributed by atoms with E-state index in [0.29, 0.717) is 22.5 Å². The standard InChI is InChI=1S/C12H11BrFN5/c1-18-5-7(4-16-18)6-19-11-2-8(13)9(14)3-10(11)17-12(19)15/h2-5H,6H2,1H3,(H2,15,17). The fraction of sp³-hybridized carbons (Fsp3) is 0.167. The number of nitrogens with zero attached hydrogens (tertiary/aromatic N) is 4. The number of nitrogens with two attached hydrogens (primary N) is 1. The van der Waals surface area contributed by atoms with E-state index in [2.05, 4.69) is 26.0 Å². The van der Waals surface area contributed by atoms with Crippen LogP contribution in [0.25, 0.3) is 11.0 Å². The van der Waals surface area contributed by atoms with E-state index in [1.165, 1.54) is 6.07 Å². The molecule has 2 heterocycles. The average molecular weight is 324 g/mol. The molecule has 5 nitrogen and oxygen atoms in total. The van der Waals surface area contributed by atoms with Gasteiger partial charge in [-0.1, -0.05) is 0 Å². The van der Waals surface area contributed by atoms with Crippen LogP contribution >= 0.6 is 15.9 Å². The molecule has 2 aromatic heterocycles. The van der Waals surface area contributed by atoms with Gasteiger partial charge >= 0.3 is 0 Å². The molecule has 0 amide bonds. The molecule has 0 fully saturated rings. The van der Waals surface area contributed by atoms with Crippen LogP contribution in [0, 0.1) is 5.82 Å². The Labute approximate surface area is 117 Å². The first-order chi connectivity index (χ1) is 9.04. The van der Waals surface area contributed by atoms with E-state index < -0.39 is 0 Å². The normalized spacial score (nSPS) is 11.3. The number of nitrogen functional groups attached to an aromatic ring is 1. The number of imidazole rings is 1. The van der Waals surface area contributed by atoms with Gasteiger partial charge in [0, 0.05) is 24.9 Å². The van der Waals surface area contributed by atoms with Crippen molar-refractivity contribution >= 4 is 32.9 Å². The SMILES string of the molecule is Cn1cc(Cn2c(N)nc3cc(F)c(Br)cc32)cn1. The Morgan fingerprint density at radius 3 is 2.89 bits per heavy atom. The maximum atomic E-state index is 13.5. The zero-order valence-electron chi connectivity index (χ0n) is 10.1. The third-order valence-electron chi connectivity index (χ3n) is 2.92. The first-order valence-electron chi connectivity index (χ1n) is 5.63. The maximum Gasteiger partial charge on any atom is 0.201 e. The number of fused-ring (bicyclic) bond motifs is 1. The molecule has 0 bridgehead atoms. The van der Waals surface area contributed by atoms with Gasteiger partial charge in [0.05, 0.1) is 28.2 Å². The molecule has 0 aliphatic carbocycles. The highest BCUT2D eigenvalue weighted by molar-refractivity contribution is 9.10. The summed E-state index contributed by atoms with van der Waals surface area (Å²) in [7, 11) is 1.85. The lowest BCUT2D eigenvalue weighted by Gasteiger charge is -2.04. The zero-order valence-corrected chi connectivity index (χ0v) is 11.7. The van der Waals surface area contributed by atoms with Gasteiger partial charge in [-0.15, -0.1) is 0 Å². The number of halogens is 2. The minimum Gasteiger partial charge on any atom is -0.369 e. The number of aryl methyl sites for hydroxylation is 1. The van der Waals surface area contributed by atoms with Crippen LogP contribution < -0.4 is 5.73 Å². The van der Waals surface area contributed by atoms with Crippen molar-refractivity contribution in [2.24, 2.45) is 7.05 Å². The van der Waals surface area contributed by atoms with Crippen molar-refractivity contribution < 1.29 is 4.39 Å². The molecule has 0 aliphatic heterocycles. The van der Waals surface area contributed by atoms with Gasteiger partial charge in [0.25, 0.3) is 0 Å². The van der Waals surface area contributed by atoms with Gasteiger partial charge in [-0.25, -0.2) is 9.37 Å². The van der Waals surface area contributed by atoms with Crippen LogP contribution in [0.2, 0.25) is 0 Å². The monoisotopic (exact) mass is 323 g/mol. The molecule has 2 N–H and O–H groups in total. The molecule has 0 saturated heterocycles. The quantitative estimate of drug-likeness (QED) is 0.787. The molecule has 0 spiro atoms. The molecule has 98 valence electrons. The molecule has 19 heavy (non-hydrogen) atoms. The Hall–Kier alpha value is -1.89. The second-order valence-electron chi connectivity index (χ2n) is 4.33. The highest BCUT2D eigenvalue weighted by atomic mass is 79.9. The summed E-state index contributed by atoms with van der Waals surface area (Å²) >= 11 is 3.18. The minimum absolute atomic E-state index is 0.349.